The zero-order chi connectivity index (χ0) is 11.1. The van der Waals surface area contributed by atoms with Gasteiger partial charge in [0.15, 0.2) is 0 Å². The van der Waals surface area contributed by atoms with Crippen LogP contribution in [0, 0.1) is 0 Å². The van der Waals surface area contributed by atoms with Crippen molar-refractivity contribution < 1.29 is 15.0 Å². The molecule has 0 spiro atoms. The van der Waals surface area contributed by atoms with Crippen LogP contribution in [-0.2, 0) is 11.3 Å². The minimum atomic E-state index is -0.890. The SMILES string of the molecule is O=C(CCn1cccn1)NCC(O)CO. The Labute approximate surface area is 87.5 Å². The van der Waals surface area contributed by atoms with Gasteiger partial charge in [-0.2, -0.15) is 5.10 Å². The van der Waals surface area contributed by atoms with Crippen molar-refractivity contribution in [2.45, 2.75) is 19.1 Å². The Morgan fingerprint density at radius 2 is 2.40 bits per heavy atom. The Hall–Kier alpha value is -1.40. The number of aliphatic hydroxyl groups excluding tert-OH is 2. The quantitative estimate of drug-likeness (QED) is 0.550. The summed E-state index contributed by atoms with van der Waals surface area (Å²) in [6.07, 6.45) is 2.84. The van der Waals surface area contributed by atoms with Crippen LogP contribution in [0.1, 0.15) is 6.42 Å². The summed E-state index contributed by atoms with van der Waals surface area (Å²) in [6, 6.07) is 1.79. The lowest BCUT2D eigenvalue weighted by Gasteiger charge is -2.08. The van der Waals surface area contributed by atoms with Gasteiger partial charge in [-0.25, -0.2) is 0 Å². The lowest BCUT2D eigenvalue weighted by atomic mass is 10.3. The fourth-order valence-electron chi connectivity index (χ4n) is 1.03. The summed E-state index contributed by atoms with van der Waals surface area (Å²) in [4.78, 5) is 11.2. The first kappa shape index (κ1) is 11.7. The number of carbonyl (C=O) groups is 1. The minimum Gasteiger partial charge on any atom is -0.394 e. The van der Waals surface area contributed by atoms with E-state index in [1.807, 2.05) is 0 Å². The minimum absolute atomic E-state index is 0.0778. The average Bonchev–Trinajstić information content (AvgIpc) is 2.75. The number of carbonyl (C=O) groups excluding carboxylic acids is 1. The molecule has 0 saturated carbocycles. The molecule has 1 heterocycles. The van der Waals surface area contributed by atoms with Crippen LogP contribution < -0.4 is 5.32 Å². The van der Waals surface area contributed by atoms with Gasteiger partial charge in [0.05, 0.1) is 12.7 Å². The fraction of sp³-hybridized carbons (Fsp3) is 0.556. The molecule has 0 aliphatic rings. The summed E-state index contributed by atoms with van der Waals surface area (Å²) in [5.41, 5.74) is 0. The Morgan fingerprint density at radius 1 is 1.60 bits per heavy atom. The van der Waals surface area contributed by atoms with E-state index in [0.717, 1.165) is 0 Å². The molecule has 1 rings (SSSR count). The second-order valence-corrected chi connectivity index (χ2v) is 3.16. The van der Waals surface area contributed by atoms with Crippen LogP contribution in [0.3, 0.4) is 0 Å². The normalized spacial score (nSPS) is 12.4. The largest absolute Gasteiger partial charge is 0.394 e. The van der Waals surface area contributed by atoms with Crippen LogP contribution in [0.2, 0.25) is 0 Å². The van der Waals surface area contributed by atoms with E-state index in [2.05, 4.69) is 10.4 Å². The average molecular weight is 213 g/mol. The predicted molar refractivity (Wildman–Crippen MR) is 52.9 cm³/mol. The van der Waals surface area contributed by atoms with Crippen molar-refractivity contribution in [3.8, 4) is 0 Å². The summed E-state index contributed by atoms with van der Waals surface area (Å²) < 4.78 is 1.65. The second kappa shape index (κ2) is 6.15. The number of hydrogen-bond acceptors (Lipinski definition) is 4. The van der Waals surface area contributed by atoms with Crippen molar-refractivity contribution in [1.29, 1.82) is 0 Å². The molecule has 6 nitrogen and oxygen atoms in total. The summed E-state index contributed by atoms with van der Waals surface area (Å²) in [5, 5.41) is 23.9. The highest BCUT2D eigenvalue weighted by Crippen LogP contribution is 1.89. The summed E-state index contributed by atoms with van der Waals surface area (Å²) >= 11 is 0. The standard InChI is InChI=1S/C9H15N3O3/c13-7-8(14)6-10-9(15)2-5-12-4-1-3-11-12/h1,3-4,8,13-14H,2,5-7H2,(H,10,15). The third-order valence-electron chi connectivity index (χ3n) is 1.87. The lowest BCUT2D eigenvalue weighted by molar-refractivity contribution is -0.121. The molecule has 1 amide bonds. The molecule has 84 valence electrons. The molecule has 0 aromatic carbocycles. The van der Waals surface area contributed by atoms with Crippen LogP contribution in [0.15, 0.2) is 18.5 Å². The number of nitrogens with one attached hydrogen (secondary N) is 1. The number of aliphatic hydroxyl groups is 2. The number of aromatic nitrogens is 2. The Morgan fingerprint density at radius 3 is 3.00 bits per heavy atom. The molecule has 1 atom stereocenters. The molecule has 0 radical (unpaired) electrons. The molecular formula is C9H15N3O3. The maximum atomic E-state index is 11.2. The summed E-state index contributed by atoms with van der Waals surface area (Å²) in [7, 11) is 0. The highest BCUT2D eigenvalue weighted by Gasteiger charge is 2.05. The second-order valence-electron chi connectivity index (χ2n) is 3.16. The molecule has 1 aromatic heterocycles. The van der Waals surface area contributed by atoms with E-state index >= 15 is 0 Å². The number of rotatable bonds is 6. The summed E-state index contributed by atoms with van der Waals surface area (Å²) in [5.74, 6) is -0.169. The van der Waals surface area contributed by atoms with E-state index in [4.69, 9.17) is 10.2 Å². The van der Waals surface area contributed by atoms with Gasteiger partial charge in [0, 0.05) is 31.9 Å². The zero-order valence-corrected chi connectivity index (χ0v) is 8.33. The van der Waals surface area contributed by atoms with Gasteiger partial charge in [0.25, 0.3) is 0 Å². The van der Waals surface area contributed by atoms with Crippen molar-refractivity contribution in [3.63, 3.8) is 0 Å². The van der Waals surface area contributed by atoms with Gasteiger partial charge in [-0.1, -0.05) is 0 Å². The molecule has 1 aromatic rings. The van der Waals surface area contributed by atoms with E-state index < -0.39 is 6.10 Å². The molecule has 15 heavy (non-hydrogen) atoms. The zero-order valence-electron chi connectivity index (χ0n) is 8.33. The van der Waals surface area contributed by atoms with Crippen molar-refractivity contribution in [2.24, 2.45) is 0 Å². The van der Waals surface area contributed by atoms with Gasteiger partial charge >= 0.3 is 0 Å². The molecule has 6 heteroatoms. The van der Waals surface area contributed by atoms with Crippen molar-refractivity contribution in [3.05, 3.63) is 18.5 Å². The van der Waals surface area contributed by atoms with Crippen molar-refractivity contribution in [2.75, 3.05) is 13.2 Å². The predicted octanol–water partition coefficient (Wildman–Crippen LogP) is -1.26. The first-order chi connectivity index (χ1) is 7.22. The topological polar surface area (TPSA) is 87.4 Å². The van der Waals surface area contributed by atoms with Gasteiger partial charge in [-0.3, -0.25) is 9.48 Å². The molecule has 0 saturated heterocycles. The van der Waals surface area contributed by atoms with E-state index in [9.17, 15) is 4.79 Å². The fourth-order valence-corrected chi connectivity index (χ4v) is 1.03. The number of nitrogens with zero attached hydrogens (tertiary/aromatic N) is 2. The Bertz CT molecular complexity index is 287. The van der Waals surface area contributed by atoms with E-state index in [1.165, 1.54) is 0 Å². The summed E-state index contributed by atoms with van der Waals surface area (Å²) in [6.45, 7) is 0.238. The monoisotopic (exact) mass is 213 g/mol. The van der Waals surface area contributed by atoms with Crippen LogP contribution in [0.4, 0.5) is 0 Å². The highest BCUT2D eigenvalue weighted by atomic mass is 16.3. The number of aryl methyl sites for hydroxylation is 1. The molecule has 0 bridgehead atoms. The number of amides is 1. The Kier molecular flexibility index (Phi) is 4.79. The van der Waals surface area contributed by atoms with Crippen LogP contribution in [-0.4, -0.2) is 45.2 Å². The van der Waals surface area contributed by atoms with Crippen LogP contribution in [0.5, 0.6) is 0 Å². The van der Waals surface area contributed by atoms with Crippen LogP contribution >= 0.6 is 0 Å². The molecule has 0 aliphatic heterocycles. The van der Waals surface area contributed by atoms with Gasteiger partial charge in [-0.05, 0) is 6.07 Å². The molecular weight excluding hydrogens is 198 g/mol. The third-order valence-corrected chi connectivity index (χ3v) is 1.87. The third kappa shape index (κ3) is 4.57. The van der Waals surface area contributed by atoms with Gasteiger partial charge in [-0.15, -0.1) is 0 Å². The highest BCUT2D eigenvalue weighted by molar-refractivity contribution is 5.75. The van der Waals surface area contributed by atoms with Crippen molar-refractivity contribution in [1.82, 2.24) is 15.1 Å². The maximum Gasteiger partial charge on any atom is 0.221 e. The van der Waals surface area contributed by atoms with E-state index in [-0.39, 0.29) is 19.1 Å². The van der Waals surface area contributed by atoms with Crippen LogP contribution in [0.25, 0.3) is 0 Å². The molecule has 3 N–H and O–H groups in total. The van der Waals surface area contributed by atoms with Crippen molar-refractivity contribution >= 4 is 5.91 Å². The molecule has 0 aliphatic carbocycles. The first-order valence-electron chi connectivity index (χ1n) is 4.75. The lowest BCUT2D eigenvalue weighted by Crippen LogP contribution is -2.34. The smallest absolute Gasteiger partial charge is 0.221 e. The van der Waals surface area contributed by atoms with E-state index in [1.54, 1.807) is 23.1 Å². The van der Waals surface area contributed by atoms with Gasteiger partial charge < -0.3 is 15.5 Å². The molecule has 1 unspecified atom stereocenters. The van der Waals surface area contributed by atoms with Gasteiger partial charge in [0.2, 0.25) is 5.91 Å². The maximum absolute atomic E-state index is 11.2. The van der Waals surface area contributed by atoms with E-state index in [0.29, 0.717) is 13.0 Å². The van der Waals surface area contributed by atoms with Gasteiger partial charge in [0.1, 0.15) is 0 Å². The first-order valence-corrected chi connectivity index (χ1v) is 4.75. The Balaban J connectivity index is 2.14. The number of hydrogen-bond donors (Lipinski definition) is 3. The molecule has 0 fully saturated rings.